The van der Waals surface area contributed by atoms with Gasteiger partial charge in [0.05, 0.1) is 37.5 Å². The van der Waals surface area contributed by atoms with E-state index in [2.05, 4.69) is 0 Å². The van der Waals surface area contributed by atoms with Gasteiger partial charge in [0.15, 0.2) is 0 Å². The summed E-state index contributed by atoms with van der Waals surface area (Å²) in [5.74, 6) is -2.01. The Bertz CT molecular complexity index is 368. The molecule has 1 saturated heterocycles. The fourth-order valence-electron chi connectivity index (χ4n) is 1.68. The number of nitrogens with zero attached hydrogens (tertiary/aromatic N) is 1. The zero-order valence-electron chi connectivity index (χ0n) is 9.83. The Morgan fingerprint density at radius 3 is 2.71 bits per heavy atom. The highest BCUT2D eigenvalue weighted by Gasteiger charge is 2.40. The molecule has 8 heteroatoms. The standard InChI is InChI=1S/C9H17NO6S/c1-10(17(13,14)4-3-15-2)8-6-16-5-7(8)9(11)12/h7-8H,3-6H2,1-2H3,(H,11,12). The van der Waals surface area contributed by atoms with Crippen LogP contribution in [0.2, 0.25) is 0 Å². The van der Waals surface area contributed by atoms with Crippen LogP contribution in [0.4, 0.5) is 0 Å². The maximum atomic E-state index is 11.8. The molecule has 0 aromatic carbocycles. The second-order valence-electron chi connectivity index (χ2n) is 3.87. The second-order valence-corrected chi connectivity index (χ2v) is 6.02. The Labute approximate surface area is 100 Å². The van der Waals surface area contributed by atoms with Gasteiger partial charge in [-0.25, -0.2) is 8.42 Å². The third-order valence-electron chi connectivity index (χ3n) is 2.82. The van der Waals surface area contributed by atoms with Crippen LogP contribution in [-0.4, -0.2) is 69.6 Å². The molecule has 1 N–H and O–H groups in total. The minimum atomic E-state index is -3.51. The third-order valence-corrected chi connectivity index (χ3v) is 4.65. The summed E-state index contributed by atoms with van der Waals surface area (Å²) >= 11 is 0. The van der Waals surface area contributed by atoms with E-state index in [1.54, 1.807) is 0 Å². The molecule has 1 fully saturated rings. The lowest BCUT2D eigenvalue weighted by molar-refractivity contribution is -0.142. The quantitative estimate of drug-likeness (QED) is 0.663. The van der Waals surface area contributed by atoms with Gasteiger partial charge in [-0.2, -0.15) is 4.31 Å². The summed E-state index contributed by atoms with van der Waals surface area (Å²) in [4.78, 5) is 10.9. The number of rotatable bonds is 6. The average molecular weight is 267 g/mol. The van der Waals surface area contributed by atoms with E-state index in [1.165, 1.54) is 14.2 Å². The van der Waals surface area contributed by atoms with Crippen LogP contribution in [-0.2, 0) is 24.3 Å². The van der Waals surface area contributed by atoms with Crippen molar-refractivity contribution >= 4 is 16.0 Å². The van der Waals surface area contributed by atoms with Crippen molar-refractivity contribution in [3.63, 3.8) is 0 Å². The van der Waals surface area contributed by atoms with Crippen molar-refractivity contribution in [1.82, 2.24) is 4.31 Å². The normalized spacial score (nSPS) is 25.4. The molecule has 2 unspecified atom stereocenters. The summed E-state index contributed by atoms with van der Waals surface area (Å²) in [7, 11) is -0.721. The highest BCUT2D eigenvalue weighted by Crippen LogP contribution is 2.21. The van der Waals surface area contributed by atoms with E-state index in [-0.39, 0.29) is 25.6 Å². The first kappa shape index (κ1) is 14.4. The molecule has 1 aliphatic heterocycles. The number of hydrogen-bond donors (Lipinski definition) is 1. The predicted molar refractivity (Wildman–Crippen MR) is 59.2 cm³/mol. The molecule has 0 aliphatic carbocycles. The SMILES string of the molecule is COCCS(=O)(=O)N(C)C1COCC1C(=O)O. The van der Waals surface area contributed by atoms with Gasteiger partial charge in [0.1, 0.15) is 0 Å². The molecular formula is C9H17NO6S. The minimum Gasteiger partial charge on any atom is -0.481 e. The van der Waals surface area contributed by atoms with Crippen LogP contribution in [0, 0.1) is 5.92 Å². The maximum Gasteiger partial charge on any atom is 0.310 e. The summed E-state index contributed by atoms with van der Waals surface area (Å²) in [5, 5.41) is 8.95. The number of sulfonamides is 1. The molecule has 0 aromatic heterocycles. The molecule has 1 rings (SSSR count). The lowest BCUT2D eigenvalue weighted by Crippen LogP contribution is -2.45. The van der Waals surface area contributed by atoms with Gasteiger partial charge < -0.3 is 14.6 Å². The first-order valence-electron chi connectivity index (χ1n) is 5.15. The van der Waals surface area contributed by atoms with Gasteiger partial charge in [-0.1, -0.05) is 0 Å². The molecule has 0 radical (unpaired) electrons. The van der Waals surface area contributed by atoms with Crippen LogP contribution in [0.3, 0.4) is 0 Å². The number of methoxy groups -OCH3 is 1. The maximum absolute atomic E-state index is 11.8. The van der Waals surface area contributed by atoms with Crippen molar-refractivity contribution in [3.8, 4) is 0 Å². The van der Waals surface area contributed by atoms with Gasteiger partial charge in [-0.15, -0.1) is 0 Å². The fourth-order valence-corrected chi connectivity index (χ4v) is 2.96. The highest BCUT2D eigenvalue weighted by atomic mass is 32.2. The zero-order valence-corrected chi connectivity index (χ0v) is 10.6. The summed E-state index contributed by atoms with van der Waals surface area (Å²) < 4.78 is 34.5. The van der Waals surface area contributed by atoms with Gasteiger partial charge in [0.25, 0.3) is 0 Å². The molecule has 2 atom stereocenters. The van der Waals surface area contributed by atoms with Crippen LogP contribution >= 0.6 is 0 Å². The van der Waals surface area contributed by atoms with Crippen LogP contribution in [0.25, 0.3) is 0 Å². The smallest absolute Gasteiger partial charge is 0.310 e. The van der Waals surface area contributed by atoms with Gasteiger partial charge in [-0.05, 0) is 0 Å². The molecule has 0 bridgehead atoms. The molecule has 7 nitrogen and oxygen atoms in total. The van der Waals surface area contributed by atoms with E-state index in [0.29, 0.717) is 0 Å². The Balaban J connectivity index is 2.74. The molecule has 0 saturated carbocycles. The van der Waals surface area contributed by atoms with Crippen molar-refractivity contribution in [2.75, 3.05) is 39.7 Å². The number of hydrogen-bond acceptors (Lipinski definition) is 5. The Kier molecular flexibility index (Phi) is 4.87. The van der Waals surface area contributed by atoms with Crippen molar-refractivity contribution in [3.05, 3.63) is 0 Å². The second kappa shape index (κ2) is 5.76. The average Bonchev–Trinajstić information content (AvgIpc) is 2.74. The van der Waals surface area contributed by atoms with Crippen LogP contribution in [0.5, 0.6) is 0 Å². The lowest BCUT2D eigenvalue weighted by atomic mass is 10.1. The van der Waals surface area contributed by atoms with E-state index in [0.717, 1.165) is 4.31 Å². The summed E-state index contributed by atoms with van der Waals surface area (Å²) in [6.07, 6.45) is 0. The fraction of sp³-hybridized carbons (Fsp3) is 0.889. The molecule has 100 valence electrons. The van der Waals surface area contributed by atoms with Crippen molar-refractivity contribution in [1.29, 1.82) is 0 Å². The Morgan fingerprint density at radius 1 is 1.53 bits per heavy atom. The van der Waals surface area contributed by atoms with Crippen molar-refractivity contribution < 1.29 is 27.8 Å². The molecular weight excluding hydrogens is 250 g/mol. The van der Waals surface area contributed by atoms with Crippen molar-refractivity contribution in [2.45, 2.75) is 6.04 Å². The van der Waals surface area contributed by atoms with E-state index >= 15 is 0 Å². The summed E-state index contributed by atoms with van der Waals surface area (Å²) in [5.41, 5.74) is 0. The van der Waals surface area contributed by atoms with E-state index in [4.69, 9.17) is 14.6 Å². The van der Waals surface area contributed by atoms with Crippen LogP contribution in [0.15, 0.2) is 0 Å². The molecule has 17 heavy (non-hydrogen) atoms. The monoisotopic (exact) mass is 267 g/mol. The molecule has 1 aliphatic rings. The lowest BCUT2D eigenvalue weighted by Gasteiger charge is -2.25. The van der Waals surface area contributed by atoms with Gasteiger partial charge in [0, 0.05) is 14.2 Å². The predicted octanol–water partition coefficient (Wildman–Crippen LogP) is -1.01. The zero-order chi connectivity index (χ0) is 13.1. The molecule has 0 spiro atoms. The number of carboxylic acids is 1. The first-order chi connectivity index (χ1) is 7.90. The van der Waals surface area contributed by atoms with Gasteiger partial charge >= 0.3 is 5.97 Å². The van der Waals surface area contributed by atoms with E-state index < -0.39 is 28.0 Å². The Morgan fingerprint density at radius 2 is 2.18 bits per heavy atom. The molecule has 0 aromatic rings. The van der Waals surface area contributed by atoms with Gasteiger partial charge in [-0.3, -0.25) is 4.79 Å². The topological polar surface area (TPSA) is 93.1 Å². The number of aliphatic carboxylic acids is 1. The molecule has 1 heterocycles. The van der Waals surface area contributed by atoms with Gasteiger partial charge in [0.2, 0.25) is 10.0 Å². The van der Waals surface area contributed by atoms with Crippen LogP contribution < -0.4 is 0 Å². The number of carboxylic acid groups (broad SMARTS) is 1. The summed E-state index contributed by atoms with van der Waals surface area (Å²) in [6, 6.07) is -0.644. The van der Waals surface area contributed by atoms with E-state index in [9.17, 15) is 13.2 Å². The van der Waals surface area contributed by atoms with E-state index in [1.807, 2.05) is 0 Å². The third kappa shape index (κ3) is 3.38. The Hall–Kier alpha value is -0.700. The first-order valence-corrected chi connectivity index (χ1v) is 6.76. The number of likely N-dealkylation sites (N-methyl/N-ethyl adjacent to an activating group) is 1. The summed E-state index contributed by atoms with van der Waals surface area (Å²) in [6.45, 7) is 0.238. The minimum absolute atomic E-state index is 0.0458. The van der Waals surface area contributed by atoms with Crippen LogP contribution in [0.1, 0.15) is 0 Å². The number of ether oxygens (including phenoxy) is 2. The largest absolute Gasteiger partial charge is 0.481 e. The molecule has 0 amide bonds. The number of carbonyl (C=O) groups is 1. The highest BCUT2D eigenvalue weighted by molar-refractivity contribution is 7.89. The van der Waals surface area contributed by atoms with Crippen molar-refractivity contribution in [2.24, 2.45) is 5.92 Å².